The summed E-state index contributed by atoms with van der Waals surface area (Å²) in [5.74, 6) is 0.217. The third-order valence-electron chi connectivity index (χ3n) is 1.38. The fourth-order valence-electron chi connectivity index (χ4n) is 0.746. The first-order valence-electron chi connectivity index (χ1n) is 4.41. The molecule has 0 spiro atoms. The summed E-state index contributed by atoms with van der Waals surface area (Å²) in [7, 11) is 0. The fraction of sp³-hybridized carbons (Fsp3) is 0.700. The zero-order chi connectivity index (χ0) is 9.56. The Hall–Kier alpha value is -0.790. The maximum Gasteiger partial charge on any atom is 0.333 e. The smallest absolute Gasteiger partial charge is 0.333 e. The van der Waals surface area contributed by atoms with Gasteiger partial charge >= 0.3 is 5.97 Å². The second kappa shape index (κ2) is 5.81. The highest BCUT2D eigenvalue weighted by atomic mass is 16.5. The quantitative estimate of drug-likeness (QED) is 0.478. The van der Waals surface area contributed by atoms with Gasteiger partial charge in [-0.25, -0.2) is 4.79 Å². The Morgan fingerprint density at radius 2 is 2.08 bits per heavy atom. The van der Waals surface area contributed by atoms with Crippen molar-refractivity contribution in [1.29, 1.82) is 0 Å². The van der Waals surface area contributed by atoms with Crippen LogP contribution in [0.2, 0.25) is 0 Å². The lowest BCUT2D eigenvalue weighted by Crippen LogP contribution is -2.10. The van der Waals surface area contributed by atoms with Crippen molar-refractivity contribution in [3.63, 3.8) is 0 Å². The molecule has 0 saturated heterocycles. The summed E-state index contributed by atoms with van der Waals surface area (Å²) in [6.07, 6.45) is 2.76. The number of carbonyl (C=O) groups excluding carboxylic acids is 1. The molecule has 0 aliphatic heterocycles. The van der Waals surface area contributed by atoms with Crippen LogP contribution in [0, 0.1) is 5.92 Å². The Bertz CT molecular complexity index is 169. The number of hydrogen-bond donors (Lipinski definition) is 0. The topological polar surface area (TPSA) is 26.3 Å². The van der Waals surface area contributed by atoms with Crippen molar-refractivity contribution in [2.45, 2.75) is 34.1 Å². The monoisotopic (exact) mass is 170 g/mol. The van der Waals surface area contributed by atoms with Gasteiger partial charge in [-0.05, 0) is 19.3 Å². The van der Waals surface area contributed by atoms with Crippen LogP contribution in [-0.2, 0) is 9.53 Å². The van der Waals surface area contributed by atoms with Gasteiger partial charge in [0.25, 0.3) is 0 Å². The zero-order valence-electron chi connectivity index (χ0n) is 8.39. The van der Waals surface area contributed by atoms with Crippen LogP contribution in [0.3, 0.4) is 0 Å². The van der Waals surface area contributed by atoms with Gasteiger partial charge in [-0.2, -0.15) is 0 Å². The lowest BCUT2D eigenvalue weighted by molar-refractivity contribution is -0.140. The molecule has 0 amide bonds. The highest BCUT2D eigenvalue weighted by Crippen LogP contribution is 2.01. The van der Waals surface area contributed by atoms with E-state index >= 15 is 0 Å². The molecule has 0 aromatic rings. The fourth-order valence-corrected chi connectivity index (χ4v) is 0.746. The summed E-state index contributed by atoms with van der Waals surface area (Å²) in [5, 5.41) is 0. The van der Waals surface area contributed by atoms with Gasteiger partial charge in [0, 0.05) is 5.57 Å². The Morgan fingerprint density at radius 3 is 2.50 bits per heavy atom. The zero-order valence-corrected chi connectivity index (χ0v) is 8.39. The molecule has 12 heavy (non-hydrogen) atoms. The van der Waals surface area contributed by atoms with Crippen LogP contribution in [0.25, 0.3) is 0 Å². The standard InChI is InChI=1S/C10H18O2/c1-5-6-9(4)10(11)12-7-8(2)3/h6,8H,5,7H2,1-4H3. The molecule has 0 fully saturated rings. The molecule has 0 aliphatic carbocycles. The normalized spacial score (nSPS) is 11.9. The summed E-state index contributed by atoms with van der Waals surface area (Å²) < 4.78 is 5.01. The number of hydrogen-bond acceptors (Lipinski definition) is 2. The highest BCUT2D eigenvalue weighted by Gasteiger charge is 2.05. The first-order valence-corrected chi connectivity index (χ1v) is 4.41. The summed E-state index contributed by atoms with van der Waals surface area (Å²) in [6.45, 7) is 8.33. The molecule has 70 valence electrons. The molecule has 0 unspecified atom stereocenters. The van der Waals surface area contributed by atoms with Crippen LogP contribution in [0.1, 0.15) is 34.1 Å². The lowest BCUT2D eigenvalue weighted by atomic mass is 10.2. The van der Waals surface area contributed by atoms with Crippen molar-refractivity contribution in [3.8, 4) is 0 Å². The molecule has 0 heterocycles. The van der Waals surface area contributed by atoms with Crippen molar-refractivity contribution in [2.75, 3.05) is 6.61 Å². The van der Waals surface area contributed by atoms with Crippen LogP contribution < -0.4 is 0 Å². The summed E-state index contributed by atoms with van der Waals surface area (Å²) >= 11 is 0. The molecule has 0 bridgehead atoms. The van der Waals surface area contributed by atoms with Crippen LogP contribution >= 0.6 is 0 Å². The van der Waals surface area contributed by atoms with E-state index in [0.717, 1.165) is 6.42 Å². The predicted molar refractivity (Wildman–Crippen MR) is 49.8 cm³/mol. The molecule has 0 N–H and O–H groups in total. The van der Waals surface area contributed by atoms with E-state index in [-0.39, 0.29) is 5.97 Å². The van der Waals surface area contributed by atoms with Crippen molar-refractivity contribution in [2.24, 2.45) is 5.92 Å². The summed E-state index contributed by atoms with van der Waals surface area (Å²) in [5.41, 5.74) is 0.707. The second-order valence-electron chi connectivity index (χ2n) is 3.29. The van der Waals surface area contributed by atoms with Gasteiger partial charge in [0.15, 0.2) is 0 Å². The molecule has 0 aromatic heterocycles. The lowest BCUT2D eigenvalue weighted by Gasteiger charge is -2.06. The largest absolute Gasteiger partial charge is 0.462 e. The van der Waals surface area contributed by atoms with E-state index in [1.165, 1.54) is 0 Å². The highest BCUT2D eigenvalue weighted by molar-refractivity contribution is 5.87. The minimum absolute atomic E-state index is 0.189. The summed E-state index contributed by atoms with van der Waals surface area (Å²) in [6, 6.07) is 0. The molecule has 0 radical (unpaired) electrons. The van der Waals surface area contributed by atoms with Crippen molar-refractivity contribution < 1.29 is 9.53 Å². The van der Waals surface area contributed by atoms with E-state index < -0.39 is 0 Å². The molecular weight excluding hydrogens is 152 g/mol. The van der Waals surface area contributed by atoms with Gasteiger partial charge < -0.3 is 4.74 Å². The minimum Gasteiger partial charge on any atom is -0.462 e. The van der Waals surface area contributed by atoms with Gasteiger partial charge in [0.1, 0.15) is 0 Å². The van der Waals surface area contributed by atoms with Gasteiger partial charge in [0.05, 0.1) is 6.61 Å². The average Bonchev–Trinajstić information content (AvgIpc) is 2.00. The Balaban J connectivity index is 3.80. The van der Waals surface area contributed by atoms with Crippen LogP contribution in [-0.4, -0.2) is 12.6 Å². The van der Waals surface area contributed by atoms with E-state index in [2.05, 4.69) is 0 Å². The molecule has 2 nitrogen and oxygen atoms in total. The molecule has 0 aromatic carbocycles. The minimum atomic E-state index is -0.189. The molecule has 0 atom stereocenters. The summed E-state index contributed by atoms with van der Waals surface area (Å²) in [4.78, 5) is 11.1. The number of allylic oxidation sites excluding steroid dienone is 1. The molecule has 2 heteroatoms. The Kier molecular flexibility index (Phi) is 5.43. The van der Waals surface area contributed by atoms with E-state index in [0.29, 0.717) is 18.1 Å². The Morgan fingerprint density at radius 1 is 1.50 bits per heavy atom. The van der Waals surface area contributed by atoms with E-state index in [4.69, 9.17) is 4.74 Å². The molecular formula is C10H18O2. The first-order chi connectivity index (χ1) is 5.57. The average molecular weight is 170 g/mol. The SMILES string of the molecule is CCC=C(C)C(=O)OCC(C)C. The van der Waals surface area contributed by atoms with Crippen LogP contribution in [0.5, 0.6) is 0 Å². The van der Waals surface area contributed by atoms with Crippen molar-refractivity contribution in [3.05, 3.63) is 11.6 Å². The number of carbonyl (C=O) groups is 1. The van der Waals surface area contributed by atoms with Gasteiger partial charge in [0.2, 0.25) is 0 Å². The second-order valence-corrected chi connectivity index (χ2v) is 3.29. The maximum absolute atomic E-state index is 11.1. The van der Waals surface area contributed by atoms with Gasteiger partial charge in [-0.15, -0.1) is 0 Å². The van der Waals surface area contributed by atoms with Crippen LogP contribution in [0.4, 0.5) is 0 Å². The third-order valence-corrected chi connectivity index (χ3v) is 1.38. The van der Waals surface area contributed by atoms with Gasteiger partial charge in [-0.3, -0.25) is 0 Å². The number of esters is 1. The van der Waals surface area contributed by atoms with E-state index in [1.54, 1.807) is 6.92 Å². The van der Waals surface area contributed by atoms with Crippen molar-refractivity contribution >= 4 is 5.97 Å². The predicted octanol–water partition coefficient (Wildman–Crippen LogP) is 2.54. The number of ether oxygens (including phenoxy) is 1. The van der Waals surface area contributed by atoms with Crippen LogP contribution in [0.15, 0.2) is 11.6 Å². The van der Waals surface area contributed by atoms with E-state index in [1.807, 2.05) is 26.8 Å². The van der Waals surface area contributed by atoms with Crippen molar-refractivity contribution in [1.82, 2.24) is 0 Å². The van der Waals surface area contributed by atoms with Gasteiger partial charge in [-0.1, -0.05) is 26.8 Å². The molecule has 0 saturated carbocycles. The molecule has 0 aliphatic rings. The maximum atomic E-state index is 11.1. The Labute approximate surface area is 74.6 Å². The third kappa shape index (κ3) is 4.94. The number of rotatable bonds is 4. The first kappa shape index (κ1) is 11.2. The van der Waals surface area contributed by atoms with E-state index in [9.17, 15) is 4.79 Å². The molecule has 0 rings (SSSR count).